The molecule has 0 aromatic carbocycles. The molecule has 0 unspecified atom stereocenters. The average Bonchev–Trinajstić information content (AvgIpc) is 2.54. The highest BCUT2D eigenvalue weighted by atomic mass is 32.2. The van der Waals surface area contributed by atoms with Crippen molar-refractivity contribution in [2.24, 2.45) is 4.99 Å². The number of rotatable bonds is 1. The molecule has 0 saturated carbocycles. The van der Waals surface area contributed by atoms with Gasteiger partial charge in [0, 0.05) is 18.7 Å². The molecule has 2 atom stereocenters. The van der Waals surface area contributed by atoms with Crippen LogP contribution in [0.25, 0.3) is 0 Å². The Kier molecular flexibility index (Phi) is 3.00. The van der Waals surface area contributed by atoms with Gasteiger partial charge in [-0.15, -0.1) is 0 Å². The first kappa shape index (κ1) is 11.9. The summed E-state index contributed by atoms with van der Waals surface area (Å²) in [4.78, 5) is 16.8. The molecule has 2 fully saturated rings. The van der Waals surface area contributed by atoms with Gasteiger partial charge in [-0.1, -0.05) is 11.8 Å². The molecule has 90 valence electrons. The molecular formula is C9H14N2O3S2. The van der Waals surface area contributed by atoms with Gasteiger partial charge in [0.2, 0.25) is 5.91 Å². The molecule has 0 bridgehead atoms. The van der Waals surface area contributed by atoms with Gasteiger partial charge in [-0.2, -0.15) is 4.99 Å². The third-order valence-electron chi connectivity index (χ3n) is 2.77. The molecule has 2 heterocycles. The van der Waals surface area contributed by atoms with Crippen molar-refractivity contribution in [2.45, 2.75) is 25.1 Å². The first-order valence-electron chi connectivity index (χ1n) is 5.16. The highest BCUT2D eigenvalue weighted by molar-refractivity contribution is 8.15. The van der Waals surface area contributed by atoms with Gasteiger partial charge in [0.05, 0.1) is 17.5 Å². The Morgan fingerprint density at radius 1 is 1.56 bits per heavy atom. The number of sulfone groups is 1. The van der Waals surface area contributed by atoms with Crippen LogP contribution in [0.1, 0.15) is 13.8 Å². The van der Waals surface area contributed by atoms with E-state index in [9.17, 15) is 13.2 Å². The molecule has 2 aliphatic rings. The first-order chi connectivity index (χ1) is 7.43. The van der Waals surface area contributed by atoms with Gasteiger partial charge in [-0.05, 0) is 6.92 Å². The third-order valence-corrected chi connectivity index (χ3v) is 6.02. The van der Waals surface area contributed by atoms with Gasteiger partial charge in [-0.3, -0.25) is 4.79 Å². The van der Waals surface area contributed by atoms with Crippen LogP contribution >= 0.6 is 11.8 Å². The minimum Gasteiger partial charge on any atom is -0.346 e. The minimum absolute atomic E-state index is 0.00176. The predicted molar refractivity (Wildman–Crippen MR) is 64.3 cm³/mol. The summed E-state index contributed by atoms with van der Waals surface area (Å²) in [7, 11) is -2.90. The van der Waals surface area contributed by atoms with E-state index in [1.807, 2.05) is 11.8 Å². The molecule has 7 heteroatoms. The lowest BCUT2D eigenvalue weighted by Crippen LogP contribution is -2.37. The van der Waals surface area contributed by atoms with Crippen LogP contribution in [0.15, 0.2) is 4.99 Å². The number of carbonyl (C=O) groups is 1. The van der Waals surface area contributed by atoms with Crippen molar-refractivity contribution >= 4 is 32.7 Å². The normalized spacial score (nSPS) is 34.4. The Balaban J connectivity index is 2.25. The fourth-order valence-electron chi connectivity index (χ4n) is 2.14. The van der Waals surface area contributed by atoms with Crippen LogP contribution in [-0.2, 0) is 14.6 Å². The van der Waals surface area contributed by atoms with E-state index in [-0.39, 0.29) is 28.7 Å². The van der Waals surface area contributed by atoms with Gasteiger partial charge in [-0.25, -0.2) is 8.42 Å². The smallest absolute Gasteiger partial charge is 0.244 e. The van der Waals surface area contributed by atoms with E-state index in [1.54, 1.807) is 0 Å². The topological polar surface area (TPSA) is 66.8 Å². The summed E-state index contributed by atoms with van der Waals surface area (Å²) in [6, 6.07) is -0.00176. The summed E-state index contributed by atoms with van der Waals surface area (Å²) in [6.45, 7) is 4.05. The standard InChI is InChI=1S/C9H14N2O3S2/c1-3-11-7-4-16(13,14)5-8(7)15-9(11)10-6(2)12/h7-8H,3-5H2,1-2H3/t7-,8-/m0/s1. The van der Waals surface area contributed by atoms with Gasteiger partial charge in [0.25, 0.3) is 0 Å². The first-order valence-corrected chi connectivity index (χ1v) is 7.86. The van der Waals surface area contributed by atoms with Crippen LogP contribution in [0.2, 0.25) is 0 Å². The van der Waals surface area contributed by atoms with E-state index in [0.717, 1.165) is 0 Å². The lowest BCUT2D eigenvalue weighted by Gasteiger charge is -2.21. The van der Waals surface area contributed by atoms with E-state index in [4.69, 9.17) is 0 Å². The van der Waals surface area contributed by atoms with Crippen LogP contribution in [0.5, 0.6) is 0 Å². The molecular weight excluding hydrogens is 248 g/mol. The van der Waals surface area contributed by atoms with Crippen LogP contribution < -0.4 is 0 Å². The van der Waals surface area contributed by atoms with Crippen molar-refractivity contribution in [3.8, 4) is 0 Å². The number of hydrogen-bond acceptors (Lipinski definition) is 4. The molecule has 0 N–H and O–H groups in total. The lowest BCUT2D eigenvalue weighted by molar-refractivity contribution is -0.115. The number of amides is 1. The molecule has 0 aliphatic carbocycles. The molecule has 0 aromatic heterocycles. The maximum Gasteiger partial charge on any atom is 0.244 e. The van der Waals surface area contributed by atoms with Crippen molar-refractivity contribution < 1.29 is 13.2 Å². The minimum atomic E-state index is -2.90. The number of nitrogens with zero attached hydrogens (tertiary/aromatic N) is 2. The van der Waals surface area contributed by atoms with Gasteiger partial charge in [0.15, 0.2) is 15.0 Å². The molecule has 1 amide bonds. The lowest BCUT2D eigenvalue weighted by atomic mass is 10.2. The number of hydrogen-bond donors (Lipinski definition) is 0. The molecule has 5 nitrogen and oxygen atoms in total. The second-order valence-corrected chi connectivity index (χ2v) is 7.36. The van der Waals surface area contributed by atoms with E-state index in [1.165, 1.54) is 18.7 Å². The average molecular weight is 262 g/mol. The largest absolute Gasteiger partial charge is 0.346 e. The van der Waals surface area contributed by atoms with Gasteiger partial charge in [0.1, 0.15) is 0 Å². The van der Waals surface area contributed by atoms with E-state index in [2.05, 4.69) is 4.99 Å². The quantitative estimate of drug-likeness (QED) is 0.671. The van der Waals surface area contributed by atoms with Crippen LogP contribution in [0, 0.1) is 0 Å². The van der Waals surface area contributed by atoms with E-state index >= 15 is 0 Å². The Hall–Kier alpha value is -0.560. The molecule has 16 heavy (non-hydrogen) atoms. The zero-order chi connectivity index (χ0) is 11.9. The summed E-state index contributed by atoms with van der Waals surface area (Å²) < 4.78 is 23.0. The third kappa shape index (κ3) is 2.10. The van der Waals surface area contributed by atoms with Gasteiger partial charge >= 0.3 is 0 Å². The summed E-state index contributed by atoms with van der Waals surface area (Å²) in [5, 5.41) is 0.725. The molecule has 0 radical (unpaired) electrons. The Morgan fingerprint density at radius 2 is 2.25 bits per heavy atom. The van der Waals surface area contributed by atoms with Crippen LogP contribution in [0.4, 0.5) is 0 Å². The Morgan fingerprint density at radius 3 is 2.81 bits per heavy atom. The Bertz CT molecular complexity index is 444. The molecule has 2 rings (SSSR count). The summed E-state index contributed by atoms with van der Waals surface area (Å²) >= 11 is 1.42. The highest BCUT2D eigenvalue weighted by Crippen LogP contribution is 2.37. The number of aliphatic imine (C=N–C) groups is 1. The second kappa shape index (κ2) is 4.03. The van der Waals surface area contributed by atoms with Crippen molar-refractivity contribution in [2.75, 3.05) is 18.1 Å². The summed E-state index contributed by atoms with van der Waals surface area (Å²) in [5.41, 5.74) is 0. The van der Waals surface area contributed by atoms with E-state index in [0.29, 0.717) is 11.7 Å². The monoisotopic (exact) mass is 262 g/mol. The second-order valence-electron chi connectivity index (χ2n) is 4.00. The van der Waals surface area contributed by atoms with Crippen molar-refractivity contribution in [3.05, 3.63) is 0 Å². The molecule has 2 saturated heterocycles. The van der Waals surface area contributed by atoms with Crippen molar-refractivity contribution in [1.29, 1.82) is 0 Å². The maximum atomic E-state index is 11.5. The van der Waals surface area contributed by atoms with Crippen LogP contribution in [-0.4, -0.2) is 53.7 Å². The van der Waals surface area contributed by atoms with Gasteiger partial charge < -0.3 is 4.90 Å². The zero-order valence-electron chi connectivity index (χ0n) is 9.21. The van der Waals surface area contributed by atoms with Crippen LogP contribution in [0.3, 0.4) is 0 Å². The van der Waals surface area contributed by atoms with Crippen molar-refractivity contribution in [3.63, 3.8) is 0 Å². The van der Waals surface area contributed by atoms with Crippen molar-refractivity contribution in [1.82, 2.24) is 4.90 Å². The predicted octanol–water partition coefficient (Wildman–Crippen LogP) is 0.123. The highest BCUT2D eigenvalue weighted by Gasteiger charge is 2.48. The van der Waals surface area contributed by atoms with E-state index < -0.39 is 9.84 Å². The number of fused-ring (bicyclic) bond motifs is 1. The Labute approximate surface area is 99.2 Å². The number of amidine groups is 1. The summed E-state index contributed by atoms with van der Waals surface area (Å²) in [6.07, 6.45) is 0. The number of carbonyl (C=O) groups excluding carboxylic acids is 1. The summed E-state index contributed by atoms with van der Waals surface area (Å²) in [5.74, 6) is 0.161. The number of thioether (sulfide) groups is 1. The molecule has 0 aromatic rings. The maximum absolute atomic E-state index is 11.5. The fourth-order valence-corrected chi connectivity index (χ4v) is 6.20. The molecule has 0 spiro atoms. The molecule has 2 aliphatic heterocycles. The zero-order valence-corrected chi connectivity index (χ0v) is 10.8. The fraction of sp³-hybridized carbons (Fsp3) is 0.778. The SMILES string of the molecule is CCN1C(=NC(C)=O)S[C@H]2CS(=O)(=O)C[C@@H]21.